The number of likely N-dealkylation sites (N-methyl/N-ethyl adjacent to an activating group) is 1. The van der Waals surface area contributed by atoms with E-state index in [9.17, 15) is 0 Å². The molecule has 2 nitrogen and oxygen atoms in total. The zero-order valence-electron chi connectivity index (χ0n) is 8.90. The van der Waals surface area contributed by atoms with Crippen LogP contribution in [0.15, 0.2) is 24.3 Å². The van der Waals surface area contributed by atoms with Gasteiger partial charge in [-0.3, -0.25) is 0 Å². The van der Waals surface area contributed by atoms with Crippen molar-refractivity contribution in [2.45, 2.75) is 18.9 Å². The van der Waals surface area contributed by atoms with Gasteiger partial charge in [0.2, 0.25) is 0 Å². The maximum Gasteiger partial charge on any atom is 0.0249 e. The minimum absolute atomic E-state index is 0.294. The van der Waals surface area contributed by atoms with E-state index in [2.05, 4.69) is 43.1 Å². The van der Waals surface area contributed by atoms with Crippen LogP contribution >= 0.6 is 0 Å². The molecule has 0 saturated carbocycles. The third-order valence-corrected chi connectivity index (χ3v) is 3.05. The number of hydrogen-bond donors (Lipinski definition) is 1. The van der Waals surface area contributed by atoms with Gasteiger partial charge in [-0.25, -0.2) is 0 Å². The molecule has 1 saturated heterocycles. The van der Waals surface area contributed by atoms with E-state index in [0.29, 0.717) is 12.0 Å². The Bertz CT molecular complexity index is 305. The van der Waals surface area contributed by atoms with Crippen molar-refractivity contribution in [2.75, 3.05) is 20.1 Å². The number of nitrogens with two attached hydrogens (primary N) is 1. The van der Waals surface area contributed by atoms with Gasteiger partial charge in [-0.15, -0.1) is 0 Å². The normalized spacial score (nSPS) is 28.2. The van der Waals surface area contributed by atoms with E-state index in [-0.39, 0.29) is 0 Å². The van der Waals surface area contributed by atoms with Crippen molar-refractivity contribution in [2.24, 2.45) is 5.73 Å². The van der Waals surface area contributed by atoms with Gasteiger partial charge in [0.15, 0.2) is 0 Å². The van der Waals surface area contributed by atoms with Crippen molar-refractivity contribution in [3.05, 3.63) is 35.4 Å². The maximum atomic E-state index is 6.10. The molecule has 0 radical (unpaired) electrons. The Labute approximate surface area is 85.7 Å². The quantitative estimate of drug-likeness (QED) is 0.724. The molecule has 76 valence electrons. The molecule has 2 N–H and O–H groups in total. The van der Waals surface area contributed by atoms with Crippen molar-refractivity contribution in [1.82, 2.24) is 4.90 Å². The Kier molecular flexibility index (Phi) is 2.57. The average molecular weight is 190 g/mol. The summed E-state index contributed by atoms with van der Waals surface area (Å²) in [5, 5.41) is 0. The number of hydrogen-bond acceptors (Lipinski definition) is 2. The first kappa shape index (κ1) is 9.69. The van der Waals surface area contributed by atoms with Gasteiger partial charge in [-0.05, 0) is 19.5 Å². The highest BCUT2D eigenvalue weighted by Gasteiger charge is 2.28. The second kappa shape index (κ2) is 3.71. The molecular formula is C12H18N2. The summed E-state index contributed by atoms with van der Waals surface area (Å²) >= 11 is 0. The molecule has 2 atom stereocenters. The van der Waals surface area contributed by atoms with E-state index < -0.39 is 0 Å². The van der Waals surface area contributed by atoms with E-state index >= 15 is 0 Å². The first-order valence-corrected chi connectivity index (χ1v) is 5.17. The van der Waals surface area contributed by atoms with Gasteiger partial charge >= 0.3 is 0 Å². The largest absolute Gasteiger partial charge is 0.326 e. The fraction of sp³-hybridized carbons (Fsp3) is 0.500. The summed E-state index contributed by atoms with van der Waals surface area (Å²) in [4.78, 5) is 2.30. The fourth-order valence-corrected chi connectivity index (χ4v) is 2.20. The smallest absolute Gasteiger partial charge is 0.0249 e. The molecule has 2 heteroatoms. The molecule has 1 aromatic carbocycles. The molecule has 0 unspecified atom stereocenters. The van der Waals surface area contributed by atoms with Crippen LogP contribution in [0.4, 0.5) is 0 Å². The average Bonchev–Trinajstić information content (AvgIpc) is 2.47. The van der Waals surface area contributed by atoms with Gasteiger partial charge in [-0.2, -0.15) is 0 Å². The molecule has 1 heterocycles. The fourth-order valence-electron chi connectivity index (χ4n) is 2.20. The van der Waals surface area contributed by atoms with Crippen molar-refractivity contribution in [1.29, 1.82) is 0 Å². The van der Waals surface area contributed by atoms with Crippen LogP contribution < -0.4 is 5.73 Å². The number of aryl methyl sites for hydroxylation is 1. The lowest BCUT2D eigenvalue weighted by Crippen LogP contribution is -2.27. The molecule has 14 heavy (non-hydrogen) atoms. The van der Waals surface area contributed by atoms with Crippen LogP contribution in [0.3, 0.4) is 0 Å². The highest BCUT2D eigenvalue weighted by Crippen LogP contribution is 2.25. The number of benzene rings is 1. The number of nitrogens with zero attached hydrogens (tertiary/aromatic N) is 1. The molecule has 0 aromatic heterocycles. The second-order valence-corrected chi connectivity index (χ2v) is 4.40. The van der Waals surface area contributed by atoms with Gasteiger partial charge in [0.1, 0.15) is 0 Å². The summed E-state index contributed by atoms with van der Waals surface area (Å²) in [6.07, 6.45) is 0. The summed E-state index contributed by atoms with van der Waals surface area (Å²) in [6.45, 7) is 4.22. The summed E-state index contributed by atoms with van der Waals surface area (Å²) in [5.74, 6) is 0.514. The number of rotatable bonds is 1. The summed E-state index contributed by atoms with van der Waals surface area (Å²) < 4.78 is 0. The van der Waals surface area contributed by atoms with Crippen molar-refractivity contribution in [3.63, 3.8) is 0 Å². The van der Waals surface area contributed by atoms with Crippen molar-refractivity contribution < 1.29 is 0 Å². The lowest BCUT2D eigenvalue weighted by atomic mass is 9.94. The molecule has 1 aliphatic rings. The van der Waals surface area contributed by atoms with E-state index in [1.807, 2.05) is 0 Å². The van der Waals surface area contributed by atoms with Crippen LogP contribution in [0.5, 0.6) is 0 Å². The summed E-state index contributed by atoms with van der Waals surface area (Å²) in [5.41, 5.74) is 8.79. The highest BCUT2D eigenvalue weighted by molar-refractivity contribution is 5.27. The Hall–Kier alpha value is -0.860. The number of likely N-dealkylation sites (tertiary alicyclic amines) is 1. The van der Waals surface area contributed by atoms with Crippen LogP contribution in [-0.2, 0) is 0 Å². The van der Waals surface area contributed by atoms with E-state index in [1.165, 1.54) is 11.1 Å². The monoisotopic (exact) mass is 190 g/mol. The Morgan fingerprint density at radius 3 is 2.36 bits per heavy atom. The van der Waals surface area contributed by atoms with E-state index in [1.54, 1.807) is 0 Å². The van der Waals surface area contributed by atoms with Gasteiger partial charge < -0.3 is 10.6 Å². The molecule has 0 bridgehead atoms. The van der Waals surface area contributed by atoms with Gasteiger partial charge in [-0.1, -0.05) is 29.8 Å². The third kappa shape index (κ3) is 1.81. The standard InChI is InChI=1S/C12H18N2/c1-9-3-5-10(6-4-9)11-7-14(2)8-12(11)13/h3-6,11-12H,7-8,13H2,1-2H3/t11-,12-/m1/s1. The Balaban J connectivity index is 2.19. The lowest BCUT2D eigenvalue weighted by Gasteiger charge is -2.14. The zero-order valence-corrected chi connectivity index (χ0v) is 8.90. The molecule has 1 fully saturated rings. The molecule has 1 aliphatic heterocycles. The molecule has 2 rings (SSSR count). The predicted octanol–water partition coefficient (Wildman–Crippen LogP) is 1.35. The van der Waals surface area contributed by atoms with Gasteiger partial charge in [0, 0.05) is 25.0 Å². The zero-order chi connectivity index (χ0) is 10.1. The molecule has 0 amide bonds. The second-order valence-electron chi connectivity index (χ2n) is 4.40. The van der Waals surface area contributed by atoms with E-state index in [0.717, 1.165) is 13.1 Å². The minimum atomic E-state index is 0.294. The van der Waals surface area contributed by atoms with Crippen LogP contribution in [-0.4, -0.2) is 31.1 Å². The lowest BCUT2D eigenvalue weighted by molar-refractivity contribution is 0.407. The molecular weight excluding hydrogens is 172 g/mol. The van der Waals surface area contributed by atoms with Crippen molar-refractivity contribution in [3.8, 4) is 0 Å². The Morgan fingerprint density at radius 1 is 1.21 bits per heavy atom. The molecule has 0 aliphatic carbocycles. The van der Waals surface area contributed by atoms with Crippen LogP contribution in [0.25, 0.3) is 0 Å². The Morgan fingerprint density at radius 2 is 1.86 bits per heavy atom. The molecule has 1 aromatic rings. The van der Waals surface area contributed by atoms with Crippen LogP contribution in [0.2, 0.25) is 0 Å². The molecule has 0 spiro atoms. The first-order valence-electron chi connectivity index (χ1n) is 5.17. The third-order valence-electron chi connectivity index (χ3n) is 3.05. The summed E-state index contributed by atoms with van der Waals surface area (Å²) in [7, 11) is 2.13. The van der Waals surface area contributed by atoms with Crippen molar-refractivity contribution >= 4 is 0 Å². The summed E-state index contributed by atoms with van der Waals surface area (Å²) in [6, 6.07) is 9.04. The van der Waals surface area contributed by atoms with E-state index in [4.69, 9.17) is 5.73 Å². The van der Waals surface area contributed by atoms with Crippen LogP contribution in [0, 0.1) is 6.92 Å². The minimum Gasteiger partial charge on any atom is -0.326 e. The maximum absolute atomic E-state index is 6.10. The van der Waals surface area contributed by atoms with Crippen LogP contribution in [0.1, 0.15) is 17.0 Å². The topological polar surface area (TPSA) is 29.3 Å². The first-order chi connectivity index (χ1) is 6.66. The SMILES string of the molecule is Cc1ccc([C@H]2CN(C)C[C@H]2N)cc1. The van der Waals surface area contributed by atoms with Gasteiger partial charge in [0.25, 0.3) is 0 Å². The highest BCUT2D eigenvalue weighted by atomic mass is 15.1. The van der Waals surface area contributed by atoms with Gasteiger partial charge in [0.05, 0.1) is 0 Å². The predicted molar refractivity (Wildman–Crippen MR) is 59.4 cm³/mol.